The lowest BCUT2D eigenvalue weighted by molar-refractivity contribution is -0.151. The fraction of sp³-hybridized carbons (Fsp3) is 0.882. The van der Waals surface area contributed by atoms with E-state index in [0.29, 0.717) is 6.04 Å². The standard InChI is InChI=1S/C17H26N2O2/c1-3-5-11-17(21)19(12(4-2)16(20)18-11)15-13-9-6-7-10(8-9)14(13)15/h9-15H,3-8H2,1-2H3,(H,18,20). The predicted molar refractivity (Wildman–Crippen MR) is 79.4 cm³/mol. The minimum atomic E-state index is -0.274. The summed E-state index contributed by atoms with van der Waals surface area (Å²) in [4.78, 5) is 27.3. The summed E-state index contributed by atoms with van der Waals surface area (Å²) in [6.45, 7) is 4.10. The third kappa shape index (κ3) is 1.80. The Kier molecular flexibility index (Phi) is 3.05. The molecule has 4 rings (SSSR count). The molecule has 2 bridgehead atoms. The van der Waals surface area contributed by atoms with Crippen LogP contribution in [0.3, 0.4) is 0 Å². The van der Waals surface area contributed by atoms with Gasteiger partial charge in [0.05, 0.1) is 0 Å². The van der Waals surface area contributed by atoms with Gasteiger partial charge in [0.2, 0.25) is 11.8 Å². The van der Waals surface area contributed by atoms with E-state index < -0.39 is 0 Å². The molecule has 1 heterocycles. The summed E-state index contributed by atoms with van der Waals surface area (Å²) < 4.78 is 0. The normalized spacial score (nSPS) is 47.5. The lowest BCUT2D eigenvalue weighted by Gasteiger charge is -2.40. The topological polar surface area (TPSA) is 49.4 Å². The van der Waals surface area contributed by atoms with Crippen LogP contribution in [0.25, 0.3) is 0 Å². The zero-order chi connectivity index (χ0) is 14.7. The fourth-order valence-corrected chi connectivity index (χ4v) is 5.66. The van der Waals surface area contributed by atoms with Crippen molar-refractivity contribution in [2.45, 2.75) is 70.5 Å². The first-order valence-electron chi connectivity index (χ1n) is 8.79. The average molecular weight is 290 g/mol. The quantitative estimate of drug-likeness (QED) is 0.860. The Balaban J connectivity index is 1.59. The number of amides is 2. The molecule has 4 aliphatic rings. The highest BCUT2D eigenvalue weighted by molar-refractivity contribution is 5.97. The van der Waals surface area contributed by atoms with Gasteiger partial charge in [0.1, 0.15) is 12.1 Å². The Morgan fingerprint density at radius 1 is 1.14 bits per heavy atom. The Hall–Kier alpha value is -1.06. The number of fused-ring (bicyclic) bond motifs is 5. The van der Waals surface area contributed by atoms with Gasteiger partial charge in [0.15, 0.2) is 0 Å². The van der Waals surface area contributed by atoms with Crippen LogP contribution >= 0.6 is 0 Å². The molecular formula is C17H26N2O2. The summed E-state index contributed by atoms with van der Waals surface area (Å²) in [5.74, 6) is 3.38. The van der Waals surface area contributed by atoms with Gasteiger partial charge in [-0.3, -0.25) is 9.59 Å². The van der Waals surface area contributed by atoms with Crippen LogP contribution < -0.4 is 5.32 Å². The molecule has 116 valence electrons. The van der Waals surface area contributed by atoms with E-state index in [1.807, 2.05) is 11.8 Å². The molecule has 6 unspecified atom stereocenters. The van der Waals surface area contributed by atoms with E-state index in [9.17, 15) is 9.59 Å². The minimum absolute atomic E-state index is 0.0767. The van der Waals surface area contributed by atoms with Crippen LogP contribution in [0.2, 0.25) is 0 Å². The van der Waals surface area contributed by atoms with Crippen LogP contribution in [0, 0.1) is 23.7 Å². The molecule has 0 aromatic carbocycles. The summed E-state index contributed by atoms with van der Waals surface area (Å²) in [5.41, 5.74) is 0. The number of carbonyl (C=O) groups is 2. The molecule has 0 aromatic rings. The molecule has 4 heteroatoms. The smallest absolute Gasteiger partial charge is 0.246 e. The lowest BCUT2D eigenvalue weighted by Crippen LogP contribution is -2.64. The van der Waals surface area contributed by atoms with Crippen molar-refractivity contribution in [3.63, 3.8) is 0 Å². The minimum Gasteiger partial charge on any atom is -0.343 e. The highest BCUT2D eigenvalue weighted by Gasteiger charge is 2.69. The Morgan fingerprint density at radius 3 is 2.38 bits per heavy atom. The van der Waals surface area contributed by atoms with E-state index in [4.69, 9.17) is 0 Å². The Bertz CT molecular complexity index is 461. The number of nitrogens with zero attached hydrogens (tertiary/aromatic N) is 1. The zero-order valence-electron chi connectivity index (χ0n) is 13.0. The van der Waals surface area contributed by atoms with Crippen LogP contribution in [0.5, 0.6) is 0 Å². The van der Waals surface area contributed by atoms with Gasteiger partial charge in [0, 0.05) is 6.04 Å². The number of carbonyl (C=O) groups excluding carboxylic acids is 2. The summed E-state index contributed by atoms with van der Waals surface area (Å²) >= 11 is 0. The van der Waals surface area contributed by atoms with Crippen molar-refractivity contribution in [2.75, 3.05) is 0 Å². The zero-order valence-corrected chi connectivity index (χ0v) is 13.0. The fourth-order valence-electron chi connectivity index (χ4n) is 5.66. The highest BCUT2D eigenvalue weighted by Crippen LogP contribution is 2.67. The van der Waals surface area contributed by atoms with Gasteiger partial charge in [-0.2, -0.15) is 0 Å². The number of nitrogens with one attached hydrogen (secondary N) is 1. The van der Waals surface area contributed by atoms with Crippen molar-refractivity contribution in [3.8, 4) is 0 Å². The van der Waals surface area contributed by atoms with Gasteiger partial charge in [0.25, 0.3) is 0 Å². The monoisotopic (exact) mass is 290 g/mol. The van der Waals surface area contributed by atoms with E-state index in [2.05, 4.69) is 12.2 Å². The van der Waals surface area contributed by atoms with E-state index in [0.717, 1.165) is 42.9 Å². The van der Waals surface area contributed by atoms with E-state index in [1.54, 1.807) is 0 Å². The first-order chi connectivity index (χ1) is 10.2. The predicted octanol–water partition coefficient (Wildman–Crippen LogP) is 1.94. The van der Waals surface area contributed by atoms with Crippen molar-refractivity contribution in [2.24, 2.45) is 23.7 Å². The molecule has 4 nitrogen and oxygen atoms in total. The molecule has 0 aromatic heterocycles. The Morgan fingerprint density at radius 2 is 1.81 bits per heavy atom. The third-order valence-electron chi connectivity index (χ3n) is 6.49. The van der Waals surface area contributed by atoms with Crippen LogP contribution in [0.1, 0.15) is 52.4 Å². The second kappa shape index (κ2) is 4.72. The molecule has 0 spiro atoms. The summed E-state index contributed by atoms with van der Waals surface area (Å²) in [6.07, 6.45) is 6.53. The SMILES string of the molecule is CCCC1NC(=O)C(CC)N(C2C3C4CCC(C4)C32)C1=O. The number of piperazine rings is 1. The second-order valence-corrected chi connectivity index (χ2v) is 7.50. The molecule has 2 amide bonds. The van der Waals surface area contributed by atoms with Crippen molar-refractivity contribution in [1.29, 1.82) is 0 Å². The lowest BCUT2D eigenvalue weighted by atomic mass is 9.98. The van der Waals surface area contributed by atoms with Gasteiger partial charge < -0.3 is 10.2 Å². The van der Waals surface area contributed by atoms with Crippen LogP contribution in [-0.2, 0) is 9.59 Å². The van der Waals surface area contributed by atoms with Crippen molar-refractivity contribution in [3.05, 3.63) is 0 Å². The van der Waals surface area contributed by atoms with Crippen molar-refractivity contribution in [1.82, 2.24) is 10.2 Å². The van der Waals surface area contributed by atoms with Gasteiger partial charge in [-0.05, 0) is 55.8 Å². The summed E-state index contributed by atoms with van der Waals surface area (Å²) in [7, 11) is 0. The first-order valence-corrected chi connectivity index (χ1v) is 8.79. The largest absolute Gasteiger partial charge is 0.343 e. The number of rotatable bonds is 4. The van der Waals surface area contributed by atoms with Crippen molar-refractivity contribution >= 4 is 11.8 Å². The molecule has 21 heavy (non-hydrogen) atoms. The maximum atomic E-state index is 12.9. The van der Waals surface area contributed by atoms with Gasteiger partial charge >= 0.3 is 0 Å². The molecule has 1 N–H and O–H groups in total. The van der Waals surface area contributed by atoms with Crippen LogP contribution in [0.4, 0.5) is 0 Å². The first kappa shape index (κ1) is 13.6. The van der Waals surface area contributed by atoms with Crippen LogP contribution in [0.15, 0.2) is 0 Å². The summed E-state index contributed by atoms with van der Waals surface area (Å²) in [6, 6.07) is -0.107. The number of hydrogen-bond donors (Lipinski definition) is 1. The van der Waals surface area contributed by atoms with E-state index >= 15 is 0 Å². The highest BCUT2D eigenvalue weighted by atomic mass is 16.2. The second-order valence-electron chi connectivity index (χ2n) is 7.50. The maximum absolute atomic E-state index is 12.9. The van der Waals surface area contributed by atoms with E-state index in [1.165, 1.54) is 19.3 Å². The molecule has 4 fully saturated rings. The molecule has 1 saturated heterocycles. The molecule has 3 aliphatic carbocycles. The van der Waals surface area contributed by atoms with E-state index in [-0.39, 0.29) is 23.9 Å². The molecule has 1 aliphatic heterocycles. The van der Waals surface area contributed by atoms with Gasteiger partial charge in [-0.15, -0.1) is 0 Å². The molecule has 0 radical (unpaired) electrons. The molecule has 6 atom stereocenters. The summed E-state index contributed by atoms with van der Waals surface area (Å²) in [5, 5.41) is 2.95. The van der Waals surface area contributed by atoms with Gasteiger partial charge in [-0.25, -0.2) is 0 Å². The van der Waals surface area contributed by atoms with Crippen molar-refractivity contribution < 1.29 is 9.59 Å². The van der Waals surface area contributed by atoms with Gasteiger partial charge in [-0.1, -0.05) is 20.3 Å². The number of hydrogen-bond acceptors (Lipinski definition) is 2. The third-order valence-corrected chi connectivity index (χ3v) is 6.49. The Labute approximate surface area is 126 Å². The van der Waals surface area contributed by atoms with Crippen LogP contribution in [-0.4, -0.2) is 34.8 Å². The average Bonchev–Trinajstić information content (AvgIpc) is 2.88. The molecule has 3 saturated carbocycles. The maximum Gasteiger partial charge on any atom is 0.246 e. The molecular weight excluding hydrogens is 264 g/mol.